The number of carboxylic acid groups (broad SMARTS) is 1. The molecule has 0 aromatic carbocycles. The molecule has 0 bridgehead atoms. The molecule has 0 saturated carbocycles. The van der Waals surface area contributed by atoms with Gasteiger partial charge in [-0.05, 0) is 29.8 Å². The van der Waals surface area contributed by atoms with Crippen LogP contribution in [0.3, 0.4) is 0 Å². The first-order valence-corrected chi connectivity index (χ1v) is 8.73. The van der Waals surface area contributed by atoms with Crippen LogP contribution in [-0.4, -0.2) is 65.1 Å². The summed E-state index contributed by atoms with van der Waals surface area (Å²) in [5, 5.41) is 31.4. The van der Waals surface area contributed by atoms with Crippen LogP contribution in [0.2, 0.25) is 0 Å². The number of aliphatic hydroxyl groups excluding tert-OH is 1. The Kier molecular flexibility index (Phi) is 4.35. The van der Waals surface area contributed by atoms with Crippen molar-refractivity contribution in [2.24, 2.45) is 11.8 Å². The molecule has 2 aliphatic rings. The lowest BCUT2D eigenvalue weighted by Gasteiger charge is -2.46. The Morgan fingerprint density at radius 3 is 2.75 bits per heavy atom. The van der Waals surface area contributed by atoms with Crippen LogP contribution in [0, 0.1) is 11.8 Å². The molecule has 130 valence electrons. The third-order valence-corrected chi connectivity index (χ3v) is 5.68. The van der Waals surface area contributed by atoms with E-state index in [-0.39, 0.29) is 23.6 Å². The number of hydrogen-bond acceptors (Lipinski definition) is 7. The van der Waals surface area contributed by atoms with Gasteiger partial charge in [0.1, 0.15) is 5.70 Å². The van der Waals surface area contributed by atoms with Crippen LogP contribution in [0.5, 0.6) is 0 Å². The van der Waals surface area contributed by atoms with Gasteiger partial charge in [-0.3, -0.25) is 4.79 Å². The molecule has 9 nitrogen and oxygen atoms in total. The second kappa shape index (κ2) is 6.17. The maximum Gasteiger partial charge on any atom is 0.352 e. The number of carbonyl (C=O) groups excluding carboxylic acids is 1. The molecule has 3 rings (SSSR count). The maximum absolute atomic E-state index is 12.2. The normalized spacial score (nSPS) is 27.2. The van der Waals surface area contributed by atoms with Crippen LogP contribution < -0.4 is 0 Å². The molecule has 1 saturated heterocycles. The molecule has 24 heavy (non-hydrogen) atoms. The Hall–Kier alpha value is -1.94. The number of β-lactam (4-membered cyclic amide) rings is 1. The van der Waals surface area contributed by atoms with Gasteiger partial charge >= 0.3 is 5.97 Å². The number of aliphatic carboxylic acids is 1. The monoisotopic (exact) mass is 353 g/mol. The lowest BCUT2D eigenvalue weighted by Crippen LogP contribution is -2.63. The zero-order valence-electron chi connectivity index (χ0n) is 13.6. The fraction of sp³-hybridized carbons (Fsp3) is 0.643. The summed E-state index contributed by atoms with van der Waals surface area (Å²) in [5.41, 5.74) is 0.720. The van der Waals surface area contributed by atoms with Crippen LogP contribution in [-0.2, 0) is 16.1 Å². The Morgan fingerprint density at radius 1 is 1.46 bits per heavy atom. The van der Waals surface area contributed by atoms with E-state index >= 15 is 0 Å². The Morgan fingerprint density at radius 2 is 2.17 bits per heavy atom. The zero-order valence-corrected chi connectivity index (χ0v) is 14.4. The number of carboxylic acids is 1. The van der Waals surface area contributed by atoms with Gasteiger partial charge in [-0.2, -0.15) is 0 Å². The number of nitrogens with zero attached hydrogens (tertiary/aromatic N) is 5. The van der Waals surface area contributed by atoms with Crippen molar-refractivity contribution in [2.75, 3.05) is 5.75 Å². The Balaban J connectivity index is 1.86. The van der Waals surface area contributed by atoms with Crippen molar-refractivity contribution in [1.82, 2.24) is 25.1 Å². The van der Waals surface area contributed by atoms with E-state index in [1.54, 1.807) is 11.6 Å². The molecule has 10 heteroatoms. The fourth-order valence-corrected chi connectivity index (χ4v) is 4.57. The summed E-state index contributed by atoms with van der Waals surface area (Å²) in [7, 11) is 0. The second-order valence-electron chi connectivity index (χ2n) is 6.00. The van der Waals surface area contributed by atoms with Crippen molar-refractivity contribution in [1.29, 1.82) is 0 Å². The topological polar surface area (TPSA) is 121 Å². The molecule has 1 aromatic heterocycles. The van der Waals surface area contributed by atoms with Crippen molar-refractivity contribution in [2.45, 2.75) is 44.6 Å². The highest BCUT2D eigenvalue weighted by Crippen LogP contribution is 2.48. The Labute approximate surface area is 142 Å². The van der Waals surface area contributed by atoms with Crippen molar-refractivity contribution in [3.05, 3.63) is 11.3 Å². The van der Waals surface area contributed by atoms with Gasteiger partial charge in [-0.1, -0.05) is 18.7 Å². The summed E-state index contributed by atoms with van der Waals surface area (Å²) in [6.07, 6.45) is -0.796. The first kappa shape index (κ1) is 16.9. The van der Waals surface area contributed by atoms with E-state index in [1.807, 2.05) is 13.8 Å². The molecule has 1 amide bonds. The maximum atomic E-state index is 12.2. The lowest BCUT2D eigenvalue weighted by molar-refractivity contribution is -0.163. The smallest absolute Gasteiger partial charge is 0.352 e. The number of carbonyl (C=O) groups is 2. The van der Waals surface area contributed by atoms with Gasteiger partial charge in [-0.25, -0.2) is 9.48 Å². The van der Waals surface area contributed by atoms with E-state index in [1.165, 1.54) is 16.7 Å². The summed E-state index contributed by atoms with van der Waals surface area (Å²) < 4.78 is 1.63. The number of tetrazole rings is 1. The number of thioether (sulfide) groups is 1. The van der Waals surface area contributed by atoms with Crippen molar-refractivity contribution in [3.8, 4) is 0 Å². The minimum atomic E-state index is -1.12. The van der Waals surface area contributed by atoms with Gasteiger partial charge in [0.2, 0.25) is 11.1 Å². The zero-order chi connectivity index (χ0) is 17.6. The average molecular weight is 353 g/mol. The van der Waals surface area contributed by atoms with Crippen LogP contribution in [0.4, 0.5) is 0 Å². The van der Waals surface area contributed by atoms with Crippen LogP contribution >= 0.6 is 11.8 Å². The van der Waals surface area contributed by atoms with Crippen molar-refractivity contribution in [3.63, 3.8) is 0 Å². The summed E-state index contributed by atoms with van der Waals surface area (Å²) in [6.45, 7) is 5.99. The second-order valence-corrected chi connectivity index (χ2v) is 6.94. The van der Waals surface area contributed by atoms with Crippen LogP contribution in [0.25, 0.3) is 0 Å². The predicted octanol–water partition coefficient (Wildman–Crippen LogP) is -0.0187. The van der Waals surface area contributed by atoms with E-state index in [0.717, 1.165) is 0 Å². The number of fused-ring (bicyclic) bond motifs is 1. The minimum absolute atomic E-state index is 0.0393. The van der Waals surface area contributed by atoms with Crippen molar-refractivity contribution < 1.29 is 19.8 Å². The van der Waals surface area contributed by atoms with Gasteiger partial charge in [0.05, 0.1) is 18.1 Å². The standard InChI is InChI=1S/C14H19N5O4S/c1-4-18-14(15-16-17-18)24-5-8-6(2)10-9(7(3)20)12(21)19(10)11(8)13(22)23/h6-7,9-10,20H,4-5H2,1-3H3,(H,22,23)/t6-,7+,9+,10+/m0/s1. The largest absolute Gasteiger partial charge is 0.477 e. The molecule has 0 spiro atoms. The molecular formula is C14H19N5O4S. The van der Waals surface area contributed by atoms with Crippen LogP contribution in [0.15, 0.2) is 16.4 Å². The molecule has 0 radical (unpaired) electrons. The molecule has 1 fully saturated rings. The summed E-state index contributed by atoms with van der Waals surface area (Å²) in [5.74, 6) is -1.73. The highest BCUT2D eigenvalue weighted by Gasteiger charge is 2.59. The minimum Gasteiger partial charge on any atom is -0.477 e. The first-order valence-electron chi connectivity index (χ1n) is 7.74. The third kappa shape index (κ3) is 2.40. The molecule has 0 unspecified atom stereocenters. The van der Waals surface area contributed by atoms with Crippen LogP contribution in [0.1, 0.15) is 20.8 Å². The number of amides is 1. The van der Waals surface area contributed by atoms with Crippen molar-refractivity contribution >= 4 is 23.6 Å². The van der Waals surface area contributed by atoms with Gasteiger partial charge < -0.3 is 15.1 Å². The number of rotatable bonds is 6. The van der Waals surface area contributed by atoms with Gasteiger partial charge in [-0.15, -0.1) is 5.10 Å². The van der Waals surface area contributed by atoms with E-state index in [0.29, 0.717) is 23.0 Å². The predicted molar refractivity (Wildman–Crippen MR) is 83.8 cm³/mol. The molecular weight excluding hydrogens is 334 g/mol. The third-order valence-electron chi connectivity index (χ3n) is 4.67. The molecule has 2 aliphatic heterocycles. The summed E-state index contributed by atoms with van der Waals surface area (Å²) in [4.78, 5) is 25.3. The van der Waals surface area contributed by atoms with Gasteiger partial charge in [0, 0.05) is 18.2 Å². The molecule has 1 aromatic rings. The number of aryl methyl sites for hydroxylation is 1. The summed E-state index contributed by atoms with van der Waals surface area (Å²) >= 11 is 1.35. The van der Waals surface area contributed by atoms with E-state index < -0.39 is 18.0 Å². The number of aromatic nitrogens is 4. The highest BCUT2D eigenvalue weighted by molar-refractivity contribution is 7.99. The average Bonchev–Trinajstić information content (AvgIpc) is 3.06. The quantitative estimate of drug-likeness (QED) is 0.541. The number of hydrogen-bond donors (Lipinski definition) is 2. The highest BCUT2D eigenvalue weighted by atomic mass is 32.2. The SMILES string of the molecule is CCn1nnnc1SCC1=C(C(=O)O)N2C(=O)[C@H]([C@@H](C)O)[C@H]2[C@H]1C. The van der Waals surface area contributed by atoms with E-state index in [9.17, 15) is 19.8 Å². The van der Waals surface area contributed by atoms with Gasteiger partial charge in [0.15, 0.2) is 0 Å². The molecule has 0 aliphatic carbocycles. The van der Waals surface area contributed by atoms with Gasteiger partial charge in [0.25, 0.3) is 0 Å². The first-order chi connectivity index (χ1) is 11.4. The summed E-state index contributed by atoms with van der Waals surface area (Å²) in [6, 6.07) is -0.290. The molecule has 4 atom stereocenters. The number of aliphatic hydroxyl groups is 1. The molecule has 3 heterocycles. The van der Waals surface area contributed by atoms with E-state index in [4.69, 9.17) is 0 Å². The van der Waals surface area contributed by atoms with E-state index in [2.05, 4.69) is 15.5 Å². The fourth-order valence-electron chi connectivity index (χ4n) is 3.47. The Bertz CT molecular complexity index is 716. The molecule has 2 N–H and O–H groups in total. The lowest BCUT2D eigenvalue weighted by atomic mass is 9.78.